The lowest BCUT2D eigenvalue weighted by atomic mass is 10.1. The number of carbonyl (C=O) groups is 2. The SMILES string of the molecule is COC(=O)c1ccc(Cl)c(NC(=O)c2cccc(S(=O)(=O)N(C)c3ccc(C)cc3)c2)c1. The number of carbonyl (C=O) groups excluding carboxylic acids is 2. The van der Waals surface area contributed by atoms with E-state index in [1.54, 1.807) is 12.1 Å². The third-order valence-electron chi connectivity index (χ3n) is 4.79. The number of halogens is 1. The largest absolute Gasteiger partial charge is 0.465 e. The first-order chi connectivity index (χ1) is 15.1. The molecule has 0 aliphatic heterocycles. The van der Waals surface area contributed by atoms with Crippen LogP contribution in [0, 0.1) is 6.92 Å². The van der Waals surface area contributed by atoms with Gasteiger partial charge in [0.05, 0.1) is 34.0 Å². The average molecular weight is 473 g/mol. The Morgan fingerprint density at radius 2 is 1.66 bits per heavy atom. The fraction of sp³-hybridized carbons (Fsp3) is 0.130. The number of nitrogens with one attached hydrogen (secondary N) is 1. The molecule has 0 fully saturated rings. The minimum Gasteiger partial charge on any atom is -0.465 e. The van der Waals surface area contributed by atoms with Gasteiger partial charge in [0.15, 0.2) is 0 Å². The molecule has 0 aliphatic carbocycles. The van der Waals surface area contributed by atoms with Crippen LogP contribution < -0.4 is 9.62 Å². The summed E-state index contributed by atoms with van der Waals surface area (Å²) in [5.41, 5.74) is 2.03. The molecule has 3 rings (SSSR count). The molecule has 0 radical (unpaired) electrons. The molecule has 1 N–H and O–H groups in total. The minimum absolute atomic E-state index is 0.0392. The summed E-state index contributed by atoms with van der Waals surface area (Å²) in [6.45, 7) is 1.91. The predicted molar refractivity (Wildman–Crippen MR) is 124 cm³/mol. The van der Waals surface area contributed by atoms with Crippen molar-refractivity contribution in [3.8, 4) is 0 Å². The maximum absolute atomic E-state index is 13.1. The maximum Gasteiger partial charge on any atom is 0.337 e. The summed E-state index contributed by atoms with van der Waals surface area (Å²) < 4.78 is 32.0. The first-order valence-corrected chi connectivity index (χ1v) is 11.3. The van der Waals surface area contributed by atoms with Gasteiger partial charge in [-0.3, -0.25) is 9.10 Å². The van der Waals surface area contributed by atoms with Crippen molar-refractivity contribution in [2.75, 3.05) is 23.8 Å². The van der Waals surface area contributed by atoms with Crippen molar-refractivity contribution in [1.29, 1.82) is 0 Å². The van der Waals surface area contributed by atoms with Crippen LogP contribution in [0.15, 0.2) is 71.6 Å². The van der Waals surface area contributed by atoms with Crippen LogP contribution in [0.3, 0.4) is 0 Å². The monoisotopic (exact) mass is 472 g/mol. The molecule has 0 unspecified atom stereocenters. The summed E-state index contributed by atoms with van der Waals surface area (Å²) >= 11 is 6.13. The van der Waals surface area contributed by atoms with Crippen LogP contribution in [0.2, 0.25) is 5.02 Å². The number of rotatable bonds is 6. The number of hydrogen-bond acceptors (Lipinski definition) is 5. The van der Waals surface area contributed by atoms with Gasteiger partial charge in [0.1, 0.15) is 0 Å². The van der Waals surface area contributed by atoms with Crippen LogP contribution in [0.4, 0.5) is 11.4 Å². The predicted octanol–water partition coefficient (Wildman–Crippen LogP) is 4.51. The summed E-state index contributed by atoms with van der Waals surface area (Å²) in [5.74, 6) is -1.16. The molecule has 0 spiro atoms. The number of nitrogens with zero attached hydrogens (tertiary/aromatic N) is 1. The molecule has 0 saturated carbocycles. The van der Waals surface area contributed by atoms with E-state index in [9.17, 15) is 18.0 Å². The highest BCUT2D eigenvalue weighted by Crippen LogP contribution is 2.26. The topological polar surface area (TPSA) is 92.8 Å². The Bertz CT molecular complexity index is 1270. The van der Waals surface area contributed by atoms with E-state index in [0.717, 1.165) is 9.87 Å². The van der Waals surface area contributed by atoms with Crippen LogP contribution >= 0.6 is 11.6 Å². The third kappa shape index (κ3) is 4.92. The van der Waals surface area contributed by atoms with Crippen molar-refractivity contribution in [2.24, 2.45) is 0 Å². The second-order valence-corrected chi connectivity index (χ2v) is 9.35. The van der Waals surface area contributed by atoms with Gasteiger partial charge >= 0.3 is 5.97 Å². The van der Waals surface area contributed by atoms with Gasteiger partial charge in [0.25, 0.3) is 15.9 Å². The molecule has 0 heterocycles. The smallest absolute Gasteiger partial charge is 0.337 e. The molecule has 1 amide bonds. The molecule has 3 aromatic carbocycles. The van der Waals surface area contributed by atoms with E-state index in [1.165, 1.54) is 56.6 Å². The first-order valence-electron chi connectivity index (χ1n) is 9.48. The Kier molecular flexibility index (Phi) is 6.86. The second kappa shape index (κ2) is 9.42. The maximum atomic E-state index is 13.1. The van der Waals surface area contributed by atoms with Gasteiger partial charge < -0.3 is 10.1 Å². The van der Waals surface area contributed by atoms with Crippen molar-refractivity contribution >= 4 is 44.9 Å². The van der Waals surface area contributed by atoms with Crippen LogP contribution in [-0.4, -0.2) is 34.5 Å². The quantitative estimate of drug-likeness (QED) is 0.533. The lowest BCUT2D eigenvalue weighted by Crippen LogP contribution is -2.26. The number of ether oxygens (including phenoxy) is 1. The first kappa shape index (κ1) is 23.3. The summed E-state index contributed by atoms with van der Waals surface area (Å²) in [7, 11) is -1.20. The Balaban J connectivity index is 1.88. The Morgan fingerprint density at radius 3 is 2.31 bits per heavy atom. The molecule has 0 atom stereocenters. The molecular weight excluding hydrogens is 452 g/mol. The van der Waals surface area contributed by atoms with Crippen LogP contribution in [-0.2, 0) is 14.8 Å². The summed E-state index contributed by atoms with van der Waals surface area (Å²) in [5, 5.41) is 2.82. The average Bonchev–Trinajstić information content (AvgIpc) is 2.80. The normalized spacial score (nSPS) is 11.0. The number of aryl methyl sites for hydroxylation is 1. The molecule has 7 nitrogen and oxygen atoms in total. The molecule has 0 saturated heterocycles. The molecule has 0 aliphatic rings. The van der Waals surface area contributed by atoms with E-state index >= 15 is 0 Å². The zero-order valence-corrected chi connectivity index (χ0v) is 19.2. The number of hydrogen-bond donors (Lipinski definition) is 1. The summed E-state index contributed by atoms with van der Waals surface area (Å²) in [4.78, 5) is 24.5. The minimum atomic E-state index is -3.90. The van der Waals surface area contributed by atoms with Gasteiger partial charge in [0.2, 0.25) is 0 Å². The van der Waals surface area contributed by atoms with Crippen molar-refractivity contribution in [3.63, 3.8) is 0 Å². The highest BCUT2D eigenvalue weighted by Gasteiger charge is 2.23. The highest BCUT2D eigenvalue weighted by atomic mass is 35.5. The van der Waals surface area contributed by atoms with Gasteiger partial charge in [-0.2, -0.15) is 0 Å². The van der Waals surface area contributed by atoms with E-state index in [-0.39, 0.29) is 26.7 Å². The summed E-state index contributed by atoms with van der Waals surface area (Å²) in [6.07, 6.45) is 0. The molecule has 9 heteroatoms. The van der Waals surface area contributed by atoms with Crippen molar-refractivity contribution in [2.45, 2.75) is 11.8 Å². The number of anilines is 2. The number of esters is 1. The fourth-order valence-electron chi connectivity index (χ4n) is 2.91. The molecule has 0 aromatic heterocycles. The van der Waals surface area contributed by atoms with Gasteiger partial charge in [0, 0.05) is 12.6 Å². The summed E-state index contributed by atoms with van der Waals surface area (Å²) in [6, 6.07) is 17.0. The van der Waals surface area contributed by atoms with E-state index in [2.05, 4.69) is 10.1 Å². The standard InChI is InChI=1S/C23H21ClN2O5S/c1-15-7-10-18(11-8-15)26(2)32(29,30)19-6-4-5-16(13-19)22(27)25-21-14-17(23(28)31-3)9-12-20(21)24/h4-14H,1-3H3,(H,25,27). The van der Waals surface area contributed by atoms with Crippen molar-refractivity contribution in [3.05, 3.63) is 88.4 Å². The highest BCUT2D eigenvalue weighted by molar-refractivity contribution is 7.92. The fourth-order valence-corrected chi connectivity index (χ4v) is 4.32. The Labute approximate surface area is 191 Å². The molecule has 3 aromatic rings. The third-order valence-corrected chi connectivity index (χ3v) is 6.90. The zero-order valence-electron chi connectivity index (χ0n) is 17.6. The van der Waals surface area contributed by atoms with Crippen LogP contribution in [0.5, 0.6) is 0 Å². The second-order valence-electron chi connectivity index (χ2n) is 6.98. The van der Waals surface area contributed by atoms with E-state index < -0.39 is 21.9 Å². The van der Waals surface area contributed by atoms with E-state index in [0.29, 0.717) is 5.69 Å². The number of sulfonamides is 1. The number of methoxy groups -OCH3 is 1. The van der Waals surface area contributed by atoms with Crippen molar-refractivity contribution < 1.29 is 22.7 Å². The van der Waals surface area contributed by atoms with Gasteiger partial charge in [-0.05, 0) is 55.5 Å². The van der Waals surface area contributed by atoms with E-state index in [4.69, 9.17) is 11.6 Å². The molecule has 32 heavy (non-hydrogen) atoms. The van der Waals surface area contributed by atoms with Gasteiger partial charge in [-0.25, -0.2) is 13.2 Å². The molecule has 0 bridgehead atoms. The molecule has 166 valence electrons. The Morgan fingerprint density at radius 1 is 0.969 bits per heavy atom. The number of benzene rings is 3. The van der Waals surface area contributed by atoms with Crippen LogP contribution in [0.1, 0.15) is 26.3 Å². The molecular formula is C23H21ClN2O5S. The van der Waals surface area contributed by atoms with E-state index in [1.807, 2.05) is 19.1 Å². The van der Waals surface area contributed by atoms with Crippen molar-refractivity contribution in [1.82, 2.24) is 0 Å². The van der Waals surface area contributed by atoms with Gasteiger partial charge in [-0.15, -0.1) is 0 Å². The van der Waals surface area contributed by atoms with Gasteiger partial charge in [-0.1, -0.05) is 35.4 Å². The van der Waals surface area contributed by atoms with Crippen LogP contribution in [0.25, 0.3) is 0 Å². The lowest BCUT2D eigenvalue weighted by Gasteiger charge is -2.20. The zero-order chi connectivity index (χ0) is 23.5. The number of amides is 1. The lowest BCUT2D eigenvalue weighted by molar-refractivity contribution is 0.0600. The Hall–Kier alpha value is -3.36.